The SMILES string of the molecule is C[C@H]1CN(C(=O)Cc2ccc(CN3CCN(C)CC3)c(C(F)(F)F)c2)Cc2cc(Oc3c(F)cnc4[nH]c(-c5cnn(C)c5)cc34)ccc21. The van der Waals surface area contributed by atoms with Gasteiger partial charge in [-0.2, -0.15) is 18.3 Å². The summed E-state index contributed by atoms with van der Waals surface area (Å²) >= 11 is 0. The van der Waals surface area contributed by atoms with Crippen LogP contribution in [0.1, 0.15) is 40.7 Å². The second kappa shape index (κ2) is 12.9. The number of hydrogen-bond donors (Lipinski definition) is 1. The van der Waals surface area contributed by atoms with Gasteiger partial charge in [0.25, 0.3) is 0 Å². The molecule has 0 aliphatic carbocycles. The van der Waals surface area contributed by atoms with E-state index in [0.717, 1.165) is 42.0 Å². The number of aryl methyl sites for hydroxylation is 1. The number of halogens is 4. The van der Waals surface area contributed by atoms with E-state index < -0.39 is 17.6 Å². The second-order valence-electron chi connectivity index (χ2n) is 13.2. The predicted octanol–water partition coefficient (Wildman–Crippen LogP) is 6.35. The number of nitrogens with one attached hydrogen (secondary N) is 1. The fourth-order valence-electron chi connectivity index (χ4n) is 6.79. The Morgan fingerprint density at radius 2 is 1.84 bits per heavy atom. The average Bonchev–Trinajstić information content (AvgIpc) is 3.70. The van der Waals surface area contributed by atoms with E-state index >= 15 is 4.39 Å². The van der Waals surface area contributed by atoms with Gasteiger partial charge in [-0.25, -0.2) is 9.37 Å². The number of carbonyl (C=O) groups excluding carboxylic acids is 1. The molecule has 2 aliphatic heterocycles. The zero-order chi connectivity index (χ0) is 34.4. The van der Waals surface area contributed by atoms with Gasteiger partial charge in [-0.05, 0) is 59.5 Å². The van der Waals surface area contributed by atoms with Crippen molar-refractivity contribution in [1.29, 1.82) is 0 Å². The number of H-pyrrole nitrogens is 1. The molecule has 13 heteroatoms. The molecule has 0 spiro atoms. The third kappa shape index (κ3) is 6.90. The van der Waals surface area contributed by atoms with Gasteiger partial charge < -0.3 is 19.5 Å². The van der Waals surface area contributed by atoms with Gasteiger partial charge >= 0.3 is 6.18 Å². The largest absolute Gasteiger partial charge is 0.453 e. The molecule has 49 heavy (non-hydrogen) atoms. The van der Waals surface area contributed by atoms with Crippen molar-refractivity contribution in [3.05, 3.63) is 94.7 Å². The molecule has 2 aromatic carbocycles. The van der Waals surface area contributed by atoms with E-state index in [1.807, 2.05) is 31.1 Å². The van der Waals surface area contributed by atoms with Crippen LogP contribution in [0, 0.1) is 5.82 Å². The van der Waals surface area contributed by atoms with Crippen molar-refractivity contribution in [1.82, 2.24) is 34.4 Å². The minimum Gasteiger partial charge on any atom is -0.453 e. The Kier molecular flexibility index (Phi) is 8.65. The van der Waals surface area contributed by atoms with Gasteiger partial charge in [0, 0.05) is 64.6 Å². The highest BCUT2D eigenvalue weighted by atomic mass is 19.4. The number of rotatable bonds is 7. The summed E-state index contributed by atoms with van der Waals surface area (Å²) in [5, 5.41) is 4.66. The third-order valence-corrected chi connectivity index (χ3v) is 9.48. The molecule has 1 amide bonds. The number of amides is 1. The number of aromatic amines is 1. The number of fused-ring (bicyclic) bond motifs is 2. The molecule has 0 radical (unpaired) electrons. The minimum absolute atomic E-state index is 0.0182. The standard InChI is InChI=1S/C36H37F4N7O2/c1-22-18-47(33(48)13-23-4-5-24(30(12-23)36(38,39)40)20-46-10-8-44(2)9-11-46)21-25-14-27(6-7-28(22)25)49-34-29-15-32(26-16-42-45(3)19-26)43-35(29)41-17-31(34)37/h4-7,12,14-17,19,22H,8-11,13,18,20-21H2,1-3H3,(H,41,43)/t22-/m0/s1. The quantitative estimate of drug-likeness (QED) is 0.203. The third-order valence-electron chi connectivity index (χ3n) is 9.48. The summed E-state index contributed by atoms with van der Waals surface area (Å²) in [6, 6.07) is 11.5. The summed E-state index contributed by atoms with van der Waals surface area (Å²) in [5.41, 5.74) is 3.70. The van der Waals surface area contributed by atoms with Gasteiger partial charge in [0.2, 0.25) is 5.91 Å². The number of hydrogen-bond acceptors (Lipinski definition) is 6. The highest BCUT2D eigenvalue weighted by molar-refractivity contribution is 5.88. The molecule has 3 aromatic heterocycles. The van der Waals surface area contributed by atoms with Crippen molar-refractivity contribution >= 4 is 16.9 Å². The first-order chi connectivity index (χ1) is 23.4. The molecule has 1 saturated heterocycles. The Bertz CT molecular complexity index is 2010. The molecule has 5 heterocycles. The van der Waals surface area contributed by atoms with E-state index in [1.165, 1.54) is 6.07 Å². The van der Waals surface area contributed by atoms with E-state index in [0.29, 0.717) is 47.7 Å². The molecular formula is C36H37F4N7O2. The normalized spacial score (nSPS) is 17.4. The molecule has 1 N–H and O–H groups in total. The summed E-state index contributed by atoms with van der Waals surface area (Å²) < 4.78 is 65.4. The molecule has 0 unspecified atom stereocenters. The summed E-state index contributed by atoms with van der Waals surface area (Å²) in [4.78, 5) is 26.8. The molecule has 256 valence electrons. The molecule has 7 rings (SSSR count). The topological polar surface area (TPSA) is 82.5 Å². The Balaban J connectivity index is 1.08. The second-order valence-corrected chi connectivity index (χ2v) is 13.2. The number of alkyl halides is 3. The van der Waals surface area contributed by atoms with Crippen molar-refractivity contribution in [3.63, 3.8) is 0 Å². The highest BCUT2D eigenvalue weighted by Gasteiger charge is 2.35. The number of carbonyl (C=O) groups is 1. The van der Waals surface area contributed by atoms with Crippen LogP contribution in [-0.2, 0) is 37.5 Å². The molecular weight excluding hydrogens is 638 g/mol. The maximum atomic E-state index is 15.1. The lowest BCUT2D eigenvalue weighted by atomic mass is 9.90. The average molecular weight is 676 g/mol. The zero-order valence-electron chi connectivity index (χ0n) is 27.5. The van der Waals surface area contributed by atoms with E-state index in [-0.39, 0.29) is 42.6 Å². The summed E-state index contributed by atoms with van der Waals surface area (Å²) in [5.74, 6) is -0.499. The molecule has 1 fully saturated rings. The number of likely N-dealkylation sites (N-methyl/N-ethyl adjacent to an activating group) is 1. The number of pyridine rings is 1. The van der Waals surface area contributed by atoms with Gasteiger partial charge in [0.15, 0.2) is 11.6 Å². The van der Waals surface area contributed by atoms with Crippen LogP contribution >= 0.6 is 0 Å². The first-order valence-corrected chi connectivity index (χ1v) is 16.3. The van der Waals surface area contributed by atoms with Gasteiger partial charge in [-0.15, -0.1) is 0 Å². The van der Waals surface area contributed by atoms with Crippen LogP contribution in [0.5, 0.6) is 11.5 Å². The van der Waals surface area contributed by atoms with E-state index in [2.05, 4.69) is 20.0 Å². The number of aromatic nitrogens is 4. The first-order valence-electron chi connectivity index (χ1n) is 16.3. The van der Waals surface area contributed by atoms with Crippen LogP contribution in [0.4, 0.5) is 17.6 Å². The van der Waals surface area contributed by atoms with Crippen molar-refractivity contribution in [2.24, 2.45) is 7.05 Å². The summed E-state index contributed by atoms with van der Waals surface area (Å²) in [6.07, 6.45) is -0.0525. The Morgan fingerprint density at radius 1 is 1.04 bits per heavy atom. The molecule has 1 atom stereocenters. The van der Waals surface area contributed by atoms with Crippen LogP contribution in [0.25, 0.3) is 22.3 Å². The van der Waals surface area contributed by atoms with Gasteiger partial charge in [-0.3, -0.25) is 14.4 Å². The summed E-state index contributed by atoms with van der Waals surface area (Å²) in [6.45, 7) is 5.93. The molecule has 9 nitrogen and oxygen atoms in total. The van der Waals surface area contributed by atoms with Crippen LogP contribution in [0.15, 0.2) is 61.1 Å². The van der Waals surface area contributed by atoms with Gasteiger partial charge in [0.1, 0.15) is 11.4 Å². The van der Waals surface area contributed by atoms with Gasteiger partial charge in [-0.1, -0.05) is 25.1 Å². The smallest absolute Gasteiger partial charge is 0.416 e. The van der Waals surface area contributed by atoms with E-state index in [4.69, 9.17) is 4.74 Å². The van der Waals surface area contributed by atoms with Crippen LogP contribution < -0.4 is 4.74 Å². The molecule has 2 aliphatic rings. The van der Waals surface area contributed by atoms with Crippen molar-refractivity contribution in [2.45, 2.75) is 38.5 Å². The number of ether oxygens (including phenoxy) is 1. The monoisotopic (exact) mass is 675 g/mol. The lowest BCUT2D eigenvalue weighted by Crippen LogP contribution is -2.44. The number of benzene rings is 2. The lowest BCUT2D eigenvalue weighted by molar-refractivity contribution is -0.138. The highest BCUT2D eigenvalue weighted by Crippen LogP contribution is 2.38. The van der Waals surface area contributed by atoms with Crippen LogP contribution in [0.3, 0.4) is 0 Å². The predicted molar refractivity (Wildman–Crippen MR) is 177 cm³/mol. The van der Waals surface area contributed by atoms with Crippen molar-refractivity contribution in [2.75, 3.05) is 39.8 Å². The molecule has 0 saturated carbocycles. The Morgan fingerprint density at radius 3 is 2.57 bits per heavy atom. The molecule has 5 aromatic rings. The minimum atomic E-state index is -4.53. The van der Waals surface area contributed by atoms with Crippen molar-refractivity contribution < 1.29 is 27.1 Å². The van der Waals surface area contributed by atoms with E-state index in [9.17, 15) is 18.0 Å². The fourth-order valence-corrected chi connectivity index (χ4v) is 6.79. The Labute approximate surface area is 281 Å². The number of piperazine rings is 1. The summed E-state index contributed by atoms with van der Waals surface area (Å²) in [7, 11) is 3.81. The van der Waals surface area contributed by atoms with Gasteiger partial charge in [0.05, 0.1) is 35.5 Å². The maximum absolute atomic E-state index is 15.1. The zero-order valence-corrected chi connectivity index (χ0v) is 27.5. The first kappa shape index (κ1) is 32.8. The fraction of sp³-hybridized carbons (Fsp3) is 0.361. The van der Waals surface area contributed by atoms with Crippen LogP contribution in [0.2, 0.25) is 0 Å². The van der Waals surface area contributed by atoms with E-state index in [1.54, 1.807) is 47.1 Å². The Hall–Kier alpha value is -4.75. The maximum Gasteiger partial charge on any atom is 0.416 e. The van der Waals surface area contributed by atoms with Crippen molar-refractivity contribution in [3.8, 4) is 22.8 Å². The number of nitrogens with zero attached hydrogens (tertiary/aromatic N) is 6. The van der Waals surface area contributed by atoms with Crippen LogP contribution in [-0.4, -0.2) is 80.1 Å². The molecule has 0 bridgehead atoms. The lowest BCUT2D eigenvalue weighted by Gasteiger charge is -2.34.